The Hall–Kier alpha value is -5.49. The molecule has 336 valence electrons. The number of pyridine rings is 3. The third kappa shape index (κ3) is 14.6. The van der Waals surface area contributed by atoms with E-state index in [0.29, 0.717) is 56.0 Å². The lowest BCUT2D eigenvalue weighted by molar-refractivity contribution is -0.138. The monoisotopic (exact) mass is 862 g/mol. The predicted molar refractivity (Wildman–Crippen MR) is 230 cm³/mol. The zero-order valence-corrected chi connectivity index (χ0v) is 35.9. The Morgan fingerprint density at radius 2 is 1.63 bits per heavy atom. The fourth-order valence-electron chi connectivity index (χ4n) is 7.36. The van der Waals surface area contributed by atoms with Crippen LogP contribution in [0.3, 0.4) is 0 Å². The number of halogens is 1. The number of rotatable bonds is 23. The average Bonchev–Trinajstić information content (AvgIpc) is 4.10. The smallest absolute Gasteiger partial charge is 0.305 e. The summed E-state index contributed by atoms with van der Waals surface area (Å²) in [6.45, 7) is 8.43. The van der Waals surface area contributed by atoms with Crippen LogP contribution in [0.1, 0.15) is 67.1 Å². The van der Waals surface area contributed by atoms with E-state index in [1.165, 1.54) is 11.0 Å². The lowest BCUT2D eigenvalue weighted by Gasteiger charge is -2.40. The molecule has 0 radical (unpaired) electrons. The van der Waals surface area contributed by atoms with Gasteiger partial charge in [0.25, 0.3) is 6.47 Å². The van der Waals surface area contributed by atoms with E-state index in [1.807, 2.05) is 44.6 Å². The number of aliphatic carboxylic acids is 1. The van der Waals surface area contributed by atoms with Crippen molar-refractivity contribution in [3.05, 3.63) is 93.5 Å². The van der Waals surface area contributed by atoms with Crippen LogP contribution in [0.15, 0.2) is 59.8 Å². The van der Waals surface area contributed by atoms with Crippen LogP contribution in [-0.4, -0.2) is 132 Å². The lowest BCUT2D eigenvalue weighted by Crippen LogP contribution is -2.48. The molecule has 16 nitrogen and oxygen atoms in total. The first kappa shape index (κ1) is 47.6. The first-order chi connectivity index (χ1) is 30.0. The zero-order valence-electron chi connectivity index (χ0n) is 35.9. The fourth-order valence-corrected chi connectivity index (χ4v) is 7.36. The number of ether oxygens (including phenoxy) is 4. The summed E-state index contributed by atoms with van der Waals surface area (Å²) in [6, 6.07) is 11.6. The molecule has 17 heteroatoms. The van der Waals surface area contributed by atoms with E-state index >= 15 is 4.39 Å². The largest absolute Gasteiger partial charge is 0.489 e. The van der Waals surface area contributed by atoms with Gasteiger partial charge in [0, 0.05) is 86.1 Å². The van der Waals surface area contributed by atoms with Crippen molar-refractivity contribution >= 4 is 34.9 Å². The Morgan fingerprint density at radius 1 is 0.919 bits per heavy atom. The van der Waals surface area contributed by atoms with Crippen LogP contribution in [0.25, 0.3) is 10.9 Å². The molecule has 62 heavy (non-hydrogen) atoms. The summed E-state index contributed by atoms with van der Waals surface area (Å²) in [4.78, 5) is 61.0. The van der Waals surface area contributed by atoms with Crippen LogP contribution in [0.4, 0.5) is 10.1 Å². The first-order valence-electron chi connectivity index (χ1n) is 21.1. The SMILES string of the molecule is Cc1ccc(N2CCC[C@H](N(Cc3ccnc(C)c3)Cc3cn(C4CC4)c4cc(OCCN(C)C(=O)CCOCCOCCOCCC(=O)O)c(F)cc4c3=O)C2)cn1.O=CO. The Kier molecular flexibility index (Phi) is 18.6. The van der Waals surface area contributed by atoms with Gasteiger partial charge < -0.3 is 43.5 Å². The van der Waals surface area contributed by atoms with E-state index in [4.69, 9.17) is 34.0 Å². The second kappa shape index (κ2) is 24.2. The number of piperidine rings is 1. The number of aromatic nitrogens is 3. The summed E-state index contributed by atoms with van der Waals surface area (Å²) in [6.07, 6.45) is 9.79. The van der Waals surface area contributed by atoms with Crippen LogP contribution in [0.2, 0.25) is 0 Å². The molecule has 1 aliphatic heterocycles. The van der Waals surface area contributed by atoms with Gasteiger partial charge in [-0.2, -0.15) is 0 Å². The van der Waals surface area contributed by atoms with Gasteiger partial charge in [0.15, 0.2) is 17.0 Å². The highest BCUT2D eigenvalue weighted by Crippen LogP contribution is 2.38. The maximum absolute atomic E-state index is 15.7. The van der Waals surface area contributed by atoms with E-state index in [9.17, 15) is 14.4 Å². The van der Waals surface area contributed by atoms with Crippen molar-refractivity contribution < 1.29 is 47.9 Å². The summed E-state index contributed by atoms with van der Waals surface area (Å²) in [7, 11) is 1.66. The Morgan fingerprint density at radius 3 is 2.29 bits per heavy atom. The van der Waals surface area contributed by atoms with E-state index in [0.717, 1.165) is 61.4 Å². The predicted octanol–water partition coefficient (Wildman–Crippen LogP) is 5.01. The van der Waals surface area contributed by atoms with Crippen molar-refractivity contribution in [1.82, 2.24) is 24.3 Å². The Balaban J connectivity index is 0.00000235. The number of carboxylic acid groups (broad SMARTS) is 2. The number of aryl methyl sites for hydroxylation is 2. The van der Waals surface area contributed by atoms with Crippen molar-refractivity contribution in [1.29, 1.82) is 0 Å². The molecule has 1 atom stereocenters. The van der Waals surface area contributed by atoms with Gasteiger partial charge >= 0.3 is 5.97 Å². The molecule has 1 saturated carbocycles. The molecule has 1 saturated heterocycles. The number of likely N-dealkylation sites (N-methyl/N-ethyl adjacent to an activating group) is 1. The molecule has 1 aromatic carbocycles. The van der Waals surface area contributed by atoms with E-state index in [-0.39, 0.29) is 74.8 Å². The molecule has 4 aromatic rings. The van der Waals surface area contributed by atoms with E-state index in [2.05, 4.69) is 36.5 Å². The van der Waals surface area contributed by atoms with Crippen molar-refractivity contribution in [3.8, 4) is 5.75 Å². The Bertz CT molecular complexity index is 2130. The number of anilines is 1. The second-order valence-electron chi connectivity index (χ2n) is 15.5. The summed E-state index contributed by atoms with van der Waals surface area (Å²) < 4.78 is 39.8. The molecule has 1 amide bonds. The molecular formula is C45H59FN6O10. The fraction of sp³-hybridized carbons (Fsp3) is 0.511. The van der Waals surface area contributed by atoms with Crippen LogP contribution < -0.4 is 15.1 Å². The maximum Gasteiger partial charge on any atom is 0.305 e. The minimum atomic E-state index is -0.910. The molecule has 0 bridgehead atoms. The quantitative estimate of drug-likeness (QED) is 0.0749. The third-order valence-corrected chi connectivity index (χ3v) is 10.8. The molecule has 2 aliphatic rings. The van der Waals surface area contributed by atoms with Crippen molar-refractivity contribution in [2.75, 3.05) is 77.8 Å². The van der Waals surface area contributed by atoms with E-state index < -0.39 is 11.8 Å². The zero-order chi connectivity index (χ0) is 44.4. The Labute approximate surface area is 361 Å². The highest BCUT2D eigenvalue weighted by Gasteiger charge is 2.30. The number of hydrogen-bond donors (Lipinski definition) is 2. The van der Waals surface area contributed by atoms with Gasteiger partial charge in [-0.25, -0.2) is 4.39 Å². The standard InChI is InChI=1S/C44H57FN6O8.CH2O2/c1-31-6-7-36(26-47-31)49-14-4-5-37(30-49)50(27-33-10-13-46-32(2)23-33)28-34-29-51(35-8-9-35)40-25-41(39(45)24-38(40)44(34)55)59-18-15-48(3)42(52)11-16-56-19-21-58-22-20-57-17-12-43(53)54;2-1-3/h6-7,10,13,23-26,29,35,37H,4-5,8-9,11-12,14-22,27-28,30H2,1-3H3,(H,53,54);1H,(H,2,3)/t37-;/m0./s1. The number of carbonyl (C=O) groups is 3. The molecule has 3 aromatic heterocycles. The summed E-state index contributed by atoms with van der Waals surface area (Å²) in [5.74, 6) is -1.63. The van der Waals surface area contributed by atoms with Crippen LogP contribution in [-0.2, 0) is 41.7 Å². The number of carbonyl (C=O) groups excluding carboxylic acids is 1. The van der Waals surface area contributed by atoms with Crippen molar-refractivity contribution in [2.24, 2.45) is 0 Å². The topological polar surface area (TPSA) is 186 Å². The molecule has 4 heterocycles. The maximum atomic E-state index is 15.7. The lowest BCUT2D eigenvalue weighted by atomic mass is 10.0. The number of amides is 1. The van der Waals surface area contributed by atoms with Gasteiger partial charge in [0.1, 0.15) is 6.61 Å². The number of fused-ring (bicyclic) bond motifs is 1. The van der Waals surface area contributed by atoms with Crippen molar-refractivity contribution in [2.45, 2.75) is 77.5 Å². The minimum Gasteiger partial charge on any atom is -0.489 e. The second-order valence-corrected chi connectivity index (χ2v) is 15.5. The van der Waals surface area contributed by atoms with Gasteiger partial charge in [-0.15, -0.1) is 0 Å². The first-order valence-corrected chi connectivity index (χ1v) is 21.1. The highest BCUT2D eigenvalue weighted by atomic mass is 19.1. The molecule has 0 unspecified atom stereocenters. The van der Waals surface area contributed by atoms with Crippen molar-refractivity contribution in [3.63, 3.8) is 0 Å². The summed E-state index contributed by atoms with van der Waals surface area (Å²) >= 11 is 0. The van der Waals surface area contributed by atoms with Gasteiger partial charge in [-0.05, 0) is 75.4 Å². The van der Waals surface area contributed by atoms with E-state index in [1.54, 1.807) is 13.1 Å². The molecular weight excluding hydrogens is 804 g/mol. The number of hydrogen-bond acceptors (Lipinski definition) is 12. The van der Waals surface area contributed by atoms with Gasteiger partial charge in [0.2, 0.25) is 5.91 Å². The summed E-state index contributed by atoms with van der Waals surface area (Å²) in [5.41, 5.74) is 5.22. The number of carboxylic acids is 1. The highest BCUT2D eigenvalue weighted by molar-refractivity contribution is 5.82. The molecule has 2 fully saturated rings. The molecule has 1 aliphatic carbocycles. The molecule has 0 spiro atoms. The number of benzene rings is 1. The van der Waals surface area contributed by atoms with Crippen LogP contribution >= 0.6 is 0 Å². The van der Waals surface area contributed by atoms with Crippen LogP contribution in [0, 0.1) is 19.7 Å². The van der Waals surface area contributed by atoms with Crippen LogP contribution in [0.5, 0.6) is 5.75 Å². The summed E-state index contributed by atoms with van der Waals surface area (Å²) in [5, 5.41) is 15.8. The third-order valence-electron chi connectivity index (χ3n) is 10.8. The molecule has 2 N–H and O–H groups in total. The van der Waals surface area contributed by atoms with Gasteiger partial charge in [-0.3, -0.25) is 34.0 Å². The average molecular weight is 863 g/mol. The molecule has 6 rings (SSSR count). The van der Waals surface area contributed by atoms with Gasteiger partial charge in [0.05, 0.1) is 76.4 Å². The number of nitrogens with zero attached hydrogens (tertiary/aromatic N) is 6. The normalized spacial score (nSPS) is 15.0. The minimum absolute atomic E-state index is 0.0399. The van der Waals surface area contributed by atoms with Gasteiger partial charge in [-0.1, -0.05) is 0 Å².